The van der Waals surface area contributed by atoms with Gasteiger partial charge < -0.3 is 15.2 Å². The van der Waals surface area contributed by atoms with Crippen molar-refractivity contribution in [3.05, 3.63) is 71.4 Å². The van der Waals surface area contributed by atoms with E-state index in [4.69, 9.17) is 9.84 Å². The summed E-state index contributed by atoms with van der Waals surface area (Å²) in [5.41, 5.74) is 3.57. The van der Waals surface area contributed by atoms with Crippen LogP contribution in [-0.2, 0) is 16.0 Å². The van der Waals surface area contributed by atoms with Crippen molar-refractivity contribution in [3.63, 3.8) is 0 Å². The van der Waals surface area contributed by atoms with Gasteiger partial charge in [-0.3, -0.25) is 9.59 Å². The molecular formula is C21H21NO4. The number of ether oxygens (including phenoxy) is 1. The van der Waals surface area contributed by atoms with Crippen molar-refractivity contribution in [1.29, 1.82) is 0 Å². The summed E-state index contributed by atoms with van der Waals surface area (Å²) in [7, 11) is 1.63. The lowest BCUT2D eigenvalue weighted by Gasteiger charge is -2.23. The molecule has 1 atom stereocenters. The van der Waals surface area contributed by atoms with Crippen molar-refractivity contribution in [3.8, 4) is 5.75 Å². The topological polar surface area (TPSA) is 75.6 Å². The Labute approximate surface area is 152 Å². The lowest BCUT2D eigenvalue weighted by molar-refractivity contribution is -0.136. The number of rotatable bonds is 6. The summed E-state index contributed by atoms with van der Waals surface area (Å²) >= 11 is 0. The molecule has 5 heteroatoms. The van der Waals surface area contributed by atoms with Crippen LogP contribution in [0.25, 0.3) is 0 Å². The second-order valence-electron chi connectivity index (χ2n) is 6.41. The minimum atomic E-state index is -0.853. The molecule has 1 aliphatic carbocycles. The van der Waals surface area contributed by atoms with E-state index in [1.54, 1.807) is 25.3 Å². The molecular weight excluding hydrogens is 330 g/mol. The number of carbonyl (C=O) groups excluding carboxylic acids is 1. The largest absolute Gasteiger partial charge is 0.497 e. The molecule has 0 spiro atoms. The average molecular weight is 351 g/mol. The molecule has 0 saturated carbocycles. The molecule has 2 N–H and O–H groups in total. The zero-order valence-electron chi connectivity index (χ0n) is 14.6. The van der Waals surface area contributed by atoms with Crippen LogP contribution in [0, 0.1) is 0 Å². The predicted octanol–water partition coefficient (Wildman–Crippen LogP) is 3.76. The molecule has 0 aromatic heterocycles. The third-order valence-corrected chi connectivity index (χ3v) is 4.45. The van der Waals surface area contributed by atoms with Crippen molar-refractivity contribution < 1.29 is 19.4 Å². The average Bonchev–Trinajstić information content (AvgIpc) is 2.62. The Morgan fingerprint density at radius 1 is 1.12 bits per heavy atom. The number of benzene rings is 2. The van der Waals surface area contributed by atoms with Gasteiger partial charge in [0.2, 0.25) is 0 Å². The second kappa shape index (κ2) is 7.87. The van der Waals surface area contributed by atoms with Gasteiger partial charge in [-0.2, -0.15) is 0 Å². The quantitative estimate of drug-likeness (QED) is 0.829. The number of ketones is 1. The molecule has 2 aromatic carbocycles. The Balaban J connectivity index is 1.69. The van der Waals surface area contributed by atoms with Gasteiger partial charge in [0, 0.05) is 23.9 Å². The first-order valence-electron chi connectivity index (χ1n) is 8.48. The van der Waals surface area contributed by atoms with E-state index in [9.17, 15) is 9.59 Å². The number of hydrogen-bond acceptors (Lipinski definition) is 4. The van der Waals surface area contributed by atoms with Crippen LogP contribution < -0.4 is 10.1 Å². The van der Waals surface area contributed by atoms with Crippen LogP contribution in [0.1, 0.15) is 29.9 Å². The first-order valence-corrected chi connectivity index (χ1v) is 8.48. The summed E-state index contributed by atoms with van der Waals surface area (Å²) in [6, 6.07) is 15.0. The number of aliphatic carboxylic acids is 1. The summed E-state index contributed by atoms with van der Waals surface area (Å²) in [6.07, 6.45) is 2.90. The lowest BCUT2D eigenvalue weighted by Crippen LogP contribution is -2.16. The Hall–Kier alpha value is -3.08. The molecule has 0 unspecified atom stereocenters. The highest BCUT2D eigenvalue weighted by Gasteiger charge is 2.22. The fourth-order valence-electron chi connectivity index (χ4n) is 3.16. The van der Waals surface area contributed by atoms with Crippen LogP contribution in [0.2, 0.25) is 0 Å². The van der Waals surface area contributed by atoms with Crippen LogP contribution in [-0.4, -0.2) is 24.0 Å². The monoisotopic (exact) mass is 351 g/mol. The summed E-state index contributed by atoms with van der Waals surface area (Å²) in [5, 5.41) is 12.1. The van der Waals surface area contributed by atoms with E-state index in [1.807, 2.05) is 36.4 Å². The summed E-state index contributed by atoms with van der Waals surface area (Å²) < 4.78 is 5.18. The molecule has 2 aromatic rings. The Kier molecular flexibility index (Phi) is 5.37. The Morgan fingerprint density at radius 3 is 2.42 bits per heavy atom. The standard InChI is InChI=1S/C21H21NO4/c1-26-20-8-4-15(5-9-20)16-11-18(13-19(23)12-16)22-17-6-2-14(3-7-17)10-21(24)25/h2-9,13,16,22H,10-12H2,1H3,(H,24,25)/t16-/m0/s1. The number of allylic oxidation sites excluding steroid dienone is 2. The summed E-state index contributed by atoms with van der Waals surface area (Å²) in [4.78, 5) is 22.9. The Morgan fingerprint density at radius 2 is 1.81 bits per heavy atom. The zero-order chi connectivity index (χ0) is 18.5. The highest BCUT2D eigenvalue weighted by molar-refractivity contribution is 5.92. The number of carboxylic acid groups (broad SMARTS) is 1. The van der Waals surface area contributed by atoms with Gasteiger partial charge in [0.25, 0.3) is 0 Å². The van der Waals surface area contributed by atoms with Gasteiger partial charge in [-0.1, -0.05) is 24.3 Å². The van der Waals surface area contributed by atoms with Gasteiger partial charge in [-0.25, -0.2) is 0 Å². The maximum atomic E-state index is 12.1. The molecule has 0 saturated heterocycles. The normalized spacial score (nSPS) is 16.7. The first kappa shape index (κ1) is 17.7. The maximum Gasteiger partial charge on any atom is 0.307 e. The van der Waals surface area contributed by atoms with Gasteiger partial charge in [0.05, 0.1) is 13.5 Å². The molecule has 5 nitrogen and oxygen atoms in total. The Bertz CT molecular complexity index is 822. The van der Waals surface area contributed by atoms with Gasteiger partial charge in [-0.05, 0) is 47.7 Å². The van der Waals surface area contributed by atoms with E-state index in [1.165, 1.54) is 0 Å². The number of hydrogen-bond donors (Lipinski definition) is 2. The van der Waals surface area contributed by atoms with Crippen molar-refractivity contribution in [2.24, 2.45) is 0 Å². The van der Waals surface area contributed by atoms with Crippen LogP contribution in [0.15, 0.2) is 60.3 Å². The smallest absolute Gasteiger partial charge is 0.307 e. The van der Waals surface area contributed by atoms with Crippen molar-refractivity contribution in [2.45, 2.75) is 25.2 Å². The van der Waals surface area contributed by atoms with E-state index in [-0.39, 0.29) is 18.1 Å². The second-order valence-corrected chi connectivity index (χ2v) is 6.41. The number of carbonyl (C=O) groups is 2. The van der Waals surface area contributed by atoms with Crippen molar-refractivity contribution in [1.82, 2.24) is 0 Å². The molecule has 0 radical (unpaired) electrons. The predicted molar refractivity (Wildman–Crippen MR) is 99.5 cm³/mol. The molecule has 0 aliphatic heterocycles. The SMILES string of the molecule is COc1ccc([C@@H]2CC(=O)C=C(Nc3ccc(CC(=O)O)cc3)C2)cc1. The molecule has 26 heavy (non-hydrogen) atoms. The minimum absolute atomic E-state index is 0.000998. The first-order chi connectivity index (χ1) is 12.5. The molecule has 3 rings (SSSR count). The lowest BCUT2D eigenvalue weighted by atomic mass is 9.85. The fraction of sp³-hybridized carbons (Fsp3) is 0.238. The van der Waals surface area contributed by atoms with Crippen molar-refractivity contribution in [2.75, 3.05) is 12.4 Å². The van der Waals surface area contributed by atoms with Crippen LogP contribution in [0.4, 0.5) is 5.69 Å². The summed E-state index contributed by atoms with van der Waals surface area (Å²) in [6.45, 7) is 0. The highest BCUT2D eigenvalue weighted by Crippen LogP contribution is 2.32. The van der Waals surface area contributed by atoms with E-state index >= 15 is 0 Å². The van der Waals surface area contributed by atoms with Crippen molar-refractivity contribution >= 4 is 17.4 Å². The number of carboxylic acids is 1. The van der Waals surface area contributed by atoms with Crippen LogP contribution in [0.3, 0.4) is 0 Å². The number of nitrogens with one attached hydrogen (secondary N) is 1. The van der Waals surface area contributed by atoms with Crippen LogP contribution in [0.5, 0.6) is 5.75 Å². The molecule has 0 amide bonds. The van der Waals surface area contributed by atoms with Gasteiger partial charge >= 0.3 is 5.97 Å². The zero-order valence-corrected chi connectivity index (χ0v) is 14.6. The summed E-state index contributed by atoms with van der Waals surface area (Å²) in [5.74, 6) is 0.175. The fourth-order valence-corrected chi connectivity index (χ4v) is 3.16. The third-order valence-electron chi connectivity index (χ3n) is 4.45. The van der Waals surface area contributed by atoms with Gasteiger partial charge in [-0.15, -0.1) is 0 Å². The maximum absolute atomic E-state index is 12.1. The molecule has 134 valence electrons. The van der Waals surface area contributed by atoms with E-state index < -0.39 is 5.97 Å². The van der Waals surface area contributed by atoms with E-state index in [0.717, 1.165) is 34.7 Å². The minimum Gasteiger partial charge on any atom is -0.497 e. The molecule has 0 bridgehead atoms. The highest BCUT2D eigenvalue weighted by atomic mass is 16.5. The molecule has 1 aliphatic rings. The van der Waals surface area contributed by atoms with E-state index in [2.05, 4.69) is 5.32 Å². The molecule has 0 heterocycles. The van der Waals surface area contributed by atoms with E-state index in [0.29, 0.717) is 6.42 Å². The number of anilines is 1. The number of methoxy groups -OCH3 is 1. The third kappa shape index (κ3) is 4.51. The van der Waals surface area contributed by atoms with Gasteiger partial charge in [0.15, 0.2) is 5.78 Å². The van der Waals surface area contributed by atoms with Gasteiger partial charge in [0.1, 0.15) is 5.75 Å². The van der Waals surface area contributed by atoms with Crippen LogP contribution >= 0.6 is 0 Å². The molecule has 0 fully saturated rings.